The van der Waals surface area contributed by atoms with Gasteiger partial charge in [-0.25, -0.2) is 4.39 Å². The molecule has 1 nitrogen and oxygen atoms in total. The van der Waals surface area contributed by atoms with Crippen LogP contribution in [0.15, 0.2) is 10.5 Å². The van der Waals surface area contributed by atoms with Gasteiger partial charge in [-0.1, -0.05) is 15.9 Å². The Labute approximate surface area is 73.5 Å². The summed E-state index contributed by atoms with van der Waals surface area (Å²) in [5, 5.41) is 0. The smallest absolute Gasteiger partial charge is 0.146 e. The third-order valence-electron chi connectivity index (χ3n) is 1.68. The SMILES string of the molecule is Cc1cc(F)c(N)c(C)c1Br. The minimum absolute atomic E-state index is 0.225. The summed E-state index contributed by atoms with van der Waals surface area (Å²) < 4.78 is 13.8. The quantitative estimate of drug-likeness (QED) is 0.665. The first-order valence-corrected chi connectivity index (χ1v) is 4.04. The van der Waals surface area contributed by atoms with Crippen molar-refractivity contribution in [3.8, 4) is 0 Å². The van der Waals surface area contributed by atoms with Gasteiger partial charge in [-0.3, -0.25) is 0 Å². The zero-order valence-corrected chi connectivity index (χ0v) is 8.00. The van der Waals surface area contributed by atoms with Gasteiger partial charge in [-0.2, -0.15) is 0 Å². The van der Waals surface area contributed by atoms with Gasteiger partial charge < -0.3 is 5.73 Å². The fraction of sp³-hybridized carbons (Fsp3) is 0.250. The third-order valence-corrected chi connectivity index (χ3v) is 2.90. The van der Waals surface area contributed by atoms with Crippen LogP contribution in [0.4, 0.5) is 10.1 Å². The first-order chi connectivity index (χ1) is 5.04. The standard InChI is InChI=1S/C8H9BrFN/c1-4-3-6(10)8(11)5(2)7(4)9/h3H,11H2,1-2H3. The number of anilines is 1. The fourth-order valence-electron chi connectivity index (χ4n) is 0.924. The number of aryl methyl sites for hydroxylation is 1. The number of hydrogen-bond acceptors (Lipinski definition) is 1. The second kappa shape index (κ2) is 2.81. The Morgan fingerprint density at radius 1 is 1.45 bits per heavy atom. The van der Waals surface area contributed by atoms with E-state index in [2.05, 4.69) is 15.9 Å². The highest BCUT2D eigenvalue weighted by Crippen LogP contribution is 2.27. The molecule has 0 spiro atoms. The van der Waals surface area contributed by atoms with Crippen LogP contribution in [-0.2, 0) is 0 Å². The van der Waals surface area contributed by atoms with Gasteiger partial charge in [0.1, 0.15) is 5.82 Å². The minimum atomic E-state index is -0.344. The minimum Gasteiger partial charge on any atom is -0.396 e. The molecule has 0 heterocycles. The summed E-state index contributed by atoms with van der Waals surface area (Å²) in [5.41, 5.74) is 7.31. The van der Waals surface area contributed by atoms with Crippen molar-refractivity contribution in [3.05, 3.63) is 27.5 Å². The molecule has 0 aromatic heterocycles. The van der Waals surface area contributed by atoms with Gasteiger partial charge in [0.05, 0.1) is 5.69 Å². The Balaban J connectivity index is 3.46. The van der Waals surface area contributed by atoms with E-state index in [0.29, 0.717) is 0 Å². The lowest BCUT2D eigenvalue weighted by Crippen LogP contribution is -1.96. The number of nitrogen functional groups attached to an aromatic ring is 1. The highest BCUT2D eigenvalue weighted by atomic mass is 79.9. The molecule has 11 heavy (non-hydrogen) atoms. The van der Waals surface area contributed by atoms with E-state index in [1.54, 1.807) is 6.92 Å². The molecular weight excluding hydrogens is 209 g/mol. The van der Waals surface area contributed by atoms with Crippen molar-refractivity contribution >= 4 is 21.6 Å². The second-order valence-electron chi connectivity index (χ2n) is 2.53. The van der Waals surface area contributed by atoms with Crippen molar-refractivity contribution in [1.82, 2.24) is 0 Å². The molecule has 0 saturated heterocycles. The first-order valence-electron chi connectivity index (χ1n) is 3.24. The van der Waals surface area contributed by atoms with Crippen LogP contribution < -0.4 is 5.73 Å². The van der Waals surface area contributed by atoms with E-state index >= 15 is 0 Å². The van der Waals surface area contributed by atoms with Crippen molar-refractivity contribution in [2.45, 2.75) is 13.8 Å². The maximum atomic E-state index is 12.9. The Hall–Kier alpha value is -0.570. The molecule has 0 atom stereocenters. The number of rotatable bonds is 0. The lowest BCUT2D eigenvalue weighted by Gasteiger charge is -2.06. The van der Waals surface area contributed by atoms with Crippen molar-refractivity contribution in [2.24, 2.45) is 0 Å². The molecule has 2 N–H and O–H groups in total. The highest BCUT2D eigenvalue weighted by Gasteiger charge is 2.07. The molecule has 0 amide bonds. The average Bonchev–Trinajstić information content (AvgIpc) is 1.97. The maximum Gasteiger partial charge on any atom is 0.146 e. The van der Waals surface area contributed by atoms with Gasteiger partial charge in [-0.15, -0.1) is 0 Å². The summed E-state index contributed by atoms with van der Waals surface area (Å²) in [4.78, 5) is 0. The zero-order valence-electron chi connectivity index (χ0n) is 6.41. The molecule has 0 radical (unpaired) electrons. The Kier molecular flexibility index (Phi) is 2.18. The number of hydrogen-bond donors (Lipinski definition) is 1. The van der Waals surface area contributed by atoms with Gasteiger partial charge in [0.25, 0.3) is 0 Å². The second-order valence-corrected chi connectivity index (χ2v) is 3.32. The first kappa shape index (κ1) is 8.53. The van der Waals surface area contributed by atoms with E-state index in [1.165, 1.54) is 6.07 Å². The lowest BCUT2D eigenvalue weighted by atomic mass is 10.1. The molecule has 0 bridgehead atoms. The largest absolute Gasteiger partial charge is 0.396 e. The van der Waals surface area contributed by atoms with Crippen molar-refractivity contribution in [3.63, 3.8) is 0 Å². The Bertz CT molecular complexity index is 270. The van der Waals surface area contributed by atoms with E-state index in [4.69, 9.17) is 5.73 Å². The van der Waals surface area contributed by atoms with E-state index in [1.807, 2.05) is 6.92 Å². The topological polar surface area (TPSA) is 26.0 Å². The number of halogens is 2. The zero-order chi connectivity index (χ0) is 8.59. The van der Waals surface area contributed by atoms with Gasteiger partial charge in [0.15, 0.2) is 0 Å². The van der Waals surface area contributed by atoms with Crippen LogP contribution in [0.3, 0.4) is 0 Å². The molecule has 0 fully saturated rings. The third kappa shape index (κ3) is 1.38. The molecule has 0 aliphatic carbocycles. The van der Waals surface area contributed by atoms with E-state index < -0.39 is 0 Å². The van der Waals surface area contributed by atoms with E-state index in [-0.39, 0.29) is 11.5 Å². The van der Waals surface area contributed by atoms with Crippen LogP contribution in [-0.4, -0.2) is 0 Å². The molecule has 1 aromatic carbocycles. The maximum absolute atomic E-state index is 12.9. The lowest BCUT2D eigenvalue weighted by molar-refractivity contribution is 0.630. The predicted molar refractivity (Wildman–Crippen MR) is 48.0 cm³/mol. The van der Waals surface area contributed by atoms with Crippen LogP contribution in [0.1, 0.15) is 11.1 Å². The van der Waals surface area contributed by atoms with Gasteiger partial charge in [0.2, 0.25) is 0 Å². The molecule has 0 aliphatic rings. The summed E-state index contributed by atoms with van der Waals surface area (Å²) in [6.07, 6.45) is 0. The molecule has 3 heteroatoms. The van der Waals surface area contributed by atoms with Crippen LogP contribution in [0, 0.1) is 19.7 Å². The normalized spacial score (nSPS) is 10.2. The van der Waals surface area contributed by atoms with E-state index in [9.17, 15) is 4.39 Å². The predicted octanol–water partition coefficient (Wildman–Crippen LogP) is 2.79. The Morgan fingerprint density at radius 2 is 2.00 bits per heavy atom. The monoisotopic (exact) mass is 217 g/mol. The van der Waals surface area contributed by atoms with Gasteiger partial charge in [-0.05, 0) is 31.0 Å². The summed E-state index contributed by atoms with van der Waals surface area (Å²) in [7, 11) is 0. The van der Waals surface area contributed by atoms with Crippen LogP contribution in [0.25, 0.3) is 0 Å². The van der Waals surface area contributed by atoms with Crippen LogP contribution in [0.5, 0.6) is 0 Å². The highest BCUT2D eigenvalue weighted by molar-refractivity contribution is 9.10. The van der Waals surface area contributed by atoms with Crippen LogP contribution >= 0.6 is 15.9 Å². The molecular formula is C8H9BrFN. The molecule has 0 unspecified atom stereocenters. The van der Waals surface area contributed by atoms with Crippen molar-refractivity contribution in [1.29, 1.82) is 0 Å². The van der Waals surface area contributed by atoms with Gasteiger partial charge >= 0.3 is 0 Å². The summed E-state index contributed by atoms with van der Waals surface area (Å²) in [5.74, 6) is -0.344. The number of benzene rings is 1. The molecule has 0 saturated carbocycles. The molecule has 0 aliphatic heterocycles. The van der Waals surface area contributed by atoms with Crippen molar-refractivity contribution < 1.29 is 4.39 Å². The molecule has 1 aromatic rings. The van der Waals surface area contributed by atoms with Gasteiger partial charge in [0, 0.05) is 4.47 Å². The fourth-order valence-corrected chi connectivity index (χ4v) is 1.25. The van der Waals surface area contributed by atoms with E-state index in [0.717, 1.165) is 15.6 Å². The average molecular weight is 218 g/mol. The summed E-state index contributed by atoms with van der Waals surface area (Å²) in [6.45, 7) is 3.62. The summed E-state index contributed by atoms with van der Waals surface area (Å²) in [6, 6.07) is 1.42. The molecule has 1 rings (SSSR count). The van der Waals surface area contributed by atoms with Crippen molar-refractivity contribution in [2.75, 3.05) is 5.73 Å². The Morgan fingerprint density at radius 3 is 2.55 bits per heavy atom. The molecule has 60 valence electrons. The van der Waals surface area contributed by atoms with Crippen LogP contribution in [0.2, 0.25) is 0 Å². The number of nitrogens with two attached hydrogens (primary N) is 1. The summed E-state index contributed by atoms with van der Waals surface area (Å²) >= 11 is 3.32.